The van der Waals surface area contributed by atoms with Gasteiger partial charge in [0.15, 0.2) is 0 Å². The number of aliphatic hydroxyl groups is 2. The summed E-state index contributed by atoms with van der Waals surface area (Å²) in [6.07, 6.45) is 11.9. The van der Waals surface area contributed by atoms with E-state index in [9.17, 15) is 10.2 Å². The van der Waals surface area contributed by atoms with Crippen LogP contribution < -0.4 is 0 Å². The summed E-state index contributed by atoms with van der Waals surface area (Å²) < 4.78 is 0. The van der Waals surface area contributed by atoms with E-state index >= 15 is 0 Å². The highest BCUT2D eigenvalue weighted by molar-refractivity contribution is 5.31. The average molecular weight is 316 g/mol. The van der Waals surface area contributed by atoms with Gasteiger partial charge in [0.25, 0.3) is 0 Å². The molecule has 2 heteroatoms. The maximum atomic E-state index is 10.6. The summed E-state index contributed by atoms with van der Waals surface area (Å²) in [6, 6.07) is 0. The molecule has 3 fully saturated rings. The quantitative estimate of drug-likeness (QED) is 0.657. The first kappa shape index (κ1) is 15.9. The summed E-state index contributed by atoms with van der Waals surface area (Å²) in [6.45, 7) is 6.98. The van der Waals surface area contributed by atoms with Gasteiger partial charge in [-0.2, -0.15) is 0 Å². The standard InChI is InChI=1S/C21H32O2/c1-4-16-19(23)12-18-15-6-5-13-11-14(22)7-9-20(13,2)17(15)8-10-21(16,18)3/h4,11,14-15,17-19,22-23H,5-10,12H2,1-3H3/b16-4+. The van der Waals surface area contributed by atoms with Gasteiger partial charge in [0.1, 0.15) is 0 Å². The lowest BCUT2D eigenvalue weighted by atomic mass is 9.47. The van der Waals surface area contributed by atoms with Crippen molar-refractivity contribution in [2.75, 3.05) is 0 Å². The van der Waals surface area contributed by atoms with Crippen molar-refractivity contribution in [3.63, 3.8) is 0 Å². The Bertz CT molecular complexity index is 562. The van der Waals surface area contributed by atoms with E-state index < -0.39 is 0 Å². The molecule has 0 aliphatic heterocycles. The Morgan fingerprint density at radius 1 is 1.04 bits per heavy atom. The fourth-order valence-corrected chi connectivity index (χ4v) is 7.09. The maximum Gasteiger partial charge on any atom is 0.0758 e. The van der Waals surface area contributed by atoms with Crippen LogP contribution in [0.15, 0.2) is 23.3 Å². The molecule has 0 bridgehead atoms. The monoisotopic (exact) mass is 316 g/mol. The van der Waals surface area contributed by atoms with Crippen LogP contribution in [0.5, 0.6) is 0 Å². The molecule has 7 atom stereocenters. The molecule has 0 heterocycles. The molecular weight excluding hydrogens is 284 g/mol. The zero-order chi connectivity index (χ0) is 16.4. The normalized spacial score (nSPS) is 54.2. The Kier molecular flexibility index (Phi) is 3.59. The molecule has 0 aromatic rings. The van der Waals surface area contributed by atoms with Crippen LogP contribution in [0.25, 0.3) is 0 Å². The number of hydrogen-bond donors (Lipinski definition) is 2. The van der Waals surface area contributed by atoms with E-state index in [2.05, 4.69) is 32.9 Å². The van der Waals surface area contributed by atoms with Gasteiger partial charge in [-0.3, -0.25) is 0 Å². The molecule has 128 valence electrons. The van der Waals surface area contributed by atoms with E-state index in [0.29, 0.717) is 11.3 Å². The molecular formula is C21H32O2. The van der Waals surface area contributed by atoms with Gasteiger partial charge >= 0.3 is 0 Å². The molecule has 23 heavy (non-hydrogen) atoms. The van der Waals surface area contributed by atoms with Gasteiger partial charge in [-0.05, 0) is 86.0 Å². The topological polar surface area (TPSA) is 40.5 Å². The fourth-order valence-electron chi connectivity index (χ4n) is 7.09. The summed E-state index contributed by atoms with van der Waals surface area (Å²) in [5.41, 5.74) is 3.37. The highest BCUT2D eigenvalue weighted by atomic mass is 16.3. The minimum absolute atomic E-state index is 0.216. The first-order valence-corrected chi connectivity index (χ1v) is 9.64. The molecule has 0 radical (unpaired) electrons. The SMILES string of the molecule is C/C=C1\C(O)CC2C3CCC4=CC(O)CCC4(C)C3CCC12C. The molecule has 2 nitrogen and oxygen atoms in total. The van der Waals surface area contributed by atoms with Crippen molar-refractivity contribution < 1.29 is 10.2 Å². The minimum atomic E-state index is -0.216. The van der Waals surface area contributed by atoms with Crippen LogP contribution >= 0.6 is 0 Å². The summed E-state index contributed by atoms with van der Waals surface area (Å²) in [5.74, 6) is 2.14. The Labute approximate surface area is 140 Å². The molecule has 0 spiro atoms. The number of fused-ring (bicyclic) bond motifs is 5. The van der Waals surface area contributed by atoms with E-state index in [-0.39, 0.29) is 17.6 Å². The Morgan fingerprint density at radius 3 is 2.52 bits per heavy atom. The number of rotatable bonds is 0. The van der Waals surface area contributed by atoms with Crippen molar-refractivity contribution in [1.29, 1.82) is 0 Å². The fraction of sp³-hybridized carbons (Fsp3) is 0.810. The van der Waals surface area contributed by atoms with Gasteiger partial charge in [0, 0.05) is 0 Å². The number of hydrogen-bond acceptors (Lipinski definition) is 2. The molecule has 0 saturated heterocycles. The van der Waals surface area contributed by atoms with Gasteiger partial charge in [-0.25, -0.2) is 0 Å². The third kappa shape index (κ3) is 2.07. The first-order chi connectivity index (χ1) is 10.9. The highest BCUT2D eigenvalue weighted by Crippen LogP contribution is 2.66. The molecule has 4 aliphatic rings. The van der Waals surface area contributed by atoms with Crippen LogP contribution in [0, 0.1) is 28.6 Å². The van der Waals surface area contributed by atoms with Crippen LogP contribution in [0.4, 0.5) is 0 Å². The molecule has 2 N–H and O–H groups in total. The van der Waals surface area contributed by atoms with E-state index in [4.69, 9.17) is 0 Å². The van der Waals surface area contributed by atoms with E-state index in [1.807, 2.05) is 0 Å². The van der Waals surface area contributed by atoms with Crippen molar-refractivity contribution in [1.82, 2.24) is 0 Å². The second-order valence-corrected chi connectivity index (χ2v) is 9.08. The lowest BCUT2D eigenvalue weighted by molar-refractivity contribution is -0.0325. The van der Waals surface area contributed by atoms with E-state index in [1.165, 1.54) is 30.4 Å². The summed E-state index contributed by atoms with van der Waals surface area (Å²) in [7, 11) is 0. The van der Waals surface area contributed by atoms with Crippen LogP contribution in [-0.2, 0) is 0 Å². The molecule has 0 amide bonds. The maximum absolute atomic E-state index is 10.6. The second-order valence-electron chi connectivity index (χ2n) is 9.08. The lowest BCUT2D eigenvalue weighted by Crippen LogP contribution is -2.49. The molecule has 4 aliphatic carbocycles. The van der Waals surface area contributed by atoms with Crippen LogP contribution in [0.1, 0.15) is 65.7 Å². The predicted molar refractivity (Wildman–Crippen MR) is 92.9 cm³/mol. The van der Waals surface area contributed by atoms with Crippen molar-refractivity contribution >= 4 is 0 Å². The second kappa shape index (κ2) is 5.20. The van der Waals surface area contributed by atoms with Crippen molar-refractivity contribution in [2.24, 2.45) is 28.6 Å². The number of aliphatic hydroxyl groups excluding tert-OH is 2. The summed E-state index contributed by atoms with van der Waals surface area (Å²) >= 11 is 0. The van der Waals surface area contributed by atoms with Gasteiger partial charge in [0.2, 0.25) is 0 Å². The van der Waals surface area contributed by atoms with Gasteiger partial charge in [-0.1, -0.05) is 31.6 Å². The largest absolute Gasteiger partial charge is 0.389 e. The van der Waals surface area contributed by atoms with Crippen LogP contribution in [0.2, 0.25) is 0 Å². The average Bonchev–Trinajstić information content (AvgIpc) is 2.77. The van der Waals surface area contributed by atoms with E-state index in [1.54, 1.807) is 0 Å². The molecule has 7 unspecified atom stereocenters. The summed E-state index contributed by atoms with van der Waals surface area (Å²) in [5, 5.41) is 20.6. The first-order valence-electron chi connectivity index (χ1n) is 9.64. The molecule has 0 aromatic heterocycles. The molecule has 4 rings (SSSR count). The predicted octanol–water partition coefficient (Wildman–Crippen LogP) is 4.23. The smallest absolute Gasteiger partial charge is 0.0758 e. The van der Waals surface area contributed by atoms with Gasteiger partial charge in [0.05, 0.1) is 12.2 Å². The van der Waals surface area contributed by atoms with Crippen molar-refractivity contribution in [3.8, 4) is 0 Å². The lowest BCUT2D eigenvalue weighted by Gasteiger charge is -2.57. The zero-order valence-electron chi connectivity index (χ0n) is 14.9. The summed E-state index contributed by atoms with van der Waals surface area (Å²) in [4.78, 5) is 0. The third-order valence-corrected chi connectivity index (χ3v) is 8.29. The number of allylic oxidation sites excluding steroid dienone is 2. The van der Waals surface area contributed by atoms with E-state index in [0.717, 1.165) is 37.5 Å². The van der Waals surface area contributed by atoms with Crippen molar-refractivity contribution in [2.45, 2.75) is 77.9 Å². The molecule has 3 saturated carbocycles. The van der Waals surface area contributed by atoms with Crippen LogP contribution in [-0.4, -0.2) is 22.4 Å². The van der Waals surface area contributed by atoms with Crippen molar-refractivity contribution in [3.05, 3.63) is 23.3 Å². The minimum Gasteiger partial charge on any atom is -0.389 e. The zero-order valence-corrected chi connectivity index (χ0v) is 14.9. The third-order valence-electron chi connectivity index (χ3n) is 8.29. The Morgan fingerprint density at radius 2 is 1.78 bits per heavy atom. The highest BCUT2D eigenvalue weighted by Gasteiger charge is 2.59. The Balaban J connectivity index is 1.69. The van der Waals surface area contributed by atoms with Crippen LogP contribution in [0.3, 0.4) is 0 Å². The Hall–Kier alpha value is -0.600. The van der Waals surface area contributed by atoms with Gasteiger partial charge in [-0.15, -0.1) is 0 Å². The molecule has 0 aromatic carbocycles. The van der Waals surface area contributed by atoms with Gasteiger partial charge < -0.3 is 10.2 Å².